The van der Waals surface area contributed by atoms with E-state index < -0.39 is 35.9 Å². The van der Waals surface area contributed by atoms with Crippen molar-refractivity contribution >= 4 is 5.91 Å². The van der Waals surface area contributed by atoms with Gasteiger partial charge in [0.25, 0.3) is 5.56 Å². The lowest BCUT2D eigenvalue weighted by atomic mass is 10.2. The van der Waals surface area contributed by atoms with Crippen LogP contribution in [-0.4, -0.2) is 39.2 Å². The Hall–Kier alpha value is -1.83. The number of alkyl halides is 3. The standard InChI is InChI=1S/C14H19F3N2O3/c1-9(2)19(7-10(3)20)12(21)8-18-6-4-5-11(13(18)22)14(15,16)17/h4-6,9-10,20H,7-8H2,1-3H3. The molecule has 0 saturated carbocycles. The summed E-state index contributed by atoms with van der Waals surface area (Å²) in [7, 11) is 0. The van der Waals surface area contributed by atoms with Gasteiger partial charge in [-0.05, 0) is 32.9 Å². The second-order valence-corrected chi connectivity index (χ2v) is 5.34. The first-order chi connectivity index (χ1) is 10.0. The number of rotatable bonds is 5. The molecule has 1 atom stereocenters. The predicted molar refractivity (Wildman–Crippen MR) is 74.2 cm³/mol. The molecule has 1 N–H and O–H groups in total. The molecule has 0 spiro atoms. The largest absolute Gasteiger partial charge is 0.421 e. The molecule has 0 saturated heterocycles. The topological polar surface area (TPSA) is 62.5 Å². The number of carbonyl (C=O) groups excluding carboxylic acids is 1. The van der Waals surface area contributed by atoms with Crippen molar-refractivity contribution in [1.29, 1.82) is 0 Å². The van der Waals surface area contributed by atoms with Gasteiger partial charge in [-0.3, -0.25) is 9.59 Å². The molecule has 1 rings (SSSR count). The first kappa shape index (κ1) is 18.2. The molecule has 1 unspecified atom stereocenters. The second kappa shape index (κ2) is 6.95. The van der Waals surface area contributed by atoms with Crippen LogP contribution in [0.25, 0.3) is 0 Å². The highest BCUT2D eigenvalue weighted by Crippen LogP contribution is 2.25. The Morgan fingerprint density at radius 3 is 2.41 bits per heavy atom. The Kier molecular flexibility index (Phi) is 5.76. The molecule has 0 bridgehead atoms. The highest BCUT2D eigenvalue weighted by molar-refractivity contribution is 5.76. The van der Waals surface area contributed by atoms with Gasteiger partial charge in [-0.25, -0.2) is 0 Å². The van der Waals surface area contributed by atoms with E-state index in [9.17, 15) is 27.9 Å². The number of carbonyl (C=O) groups is 1. The third kappa shape index (κ3) is 4.59. The molecule has 1 aromatic heterocycles. The number of aromatic nitrogens is 1. The van der Waals surface area contributed by atoms with Gasteiger partial charge in [0.1, 0.15) is 12.1 Å². The average molecular weight is 320 g/mol. The zero-order valence-electron chi connectivity index (χ0n) is 12.6. The summed E-state index contributed by atoms with van der Waals surface area (Å²) in [5, 5.41) is 9.38. The minimum absolute atomic E-state index is 0.0458. The van der Waals surface area contributed by atoms with Gasteiger partial charge >= 0.3 is 6.18 Å². The summed E-state index contributed by atoms with van der Waals surface area (Å²) in [6.07, 6.45) is -4.40. The van der Waals surface area contributed by atoms with Crippen LogP contribution in [0.3, 0.4) is 0 Å². The predicted octanol–water partition coefficient (Wildman–Crippen LogP) is 1.48. The third-order valence-electron chi connectivity index (χ3n) is 3.04. The highest BCUT2D eigenvalue weighted by Gasteiger charge is 2.34. The fraction of sp³-hybridized carbons (Fsp3) is 0.571. The maximum absolute atomic E-state index is 12.7. The Labute approximate surface area is 126 Å². The van der Waals surface area contributed by atoms with Gasteiger partial charge in [0.15, 0.2) is 0 Å². The number of pyridine rings is 1. The summed E-state index contributed by atoms with van der Waals surface area (Å²) in [6.45, 7) is 4.47. The summed E-state index contributed by atoms with van der Waals surface area (Å²) in [6, 6.07) is 1.51. The zero-order valence-corrected chi connectivity index (χ0v) is 12.6. The molecular weight excluding hydrogens is 301 g/mol. The molecule has 0 aromatic carbocycles. The van der Waals surface area contributed by atoms with Crippen molar-refractivity contribution in [2.24, 2.45) is 0 Å². The SMILES string of the molecule is CC(O)CN(C(=O)Cn1cccc(C(F)(F)F)c1=O)C(C)C. The van der Waals surface area contributed by atoms with E-state index in [2.05, 4.69) is 0 Å². The first-order valence-electron chi connectivity index (χ1n) is 6.78. The summed E-state index contributed by atoms with van der Waals surface area (Å²) >= 11 is 0. The zero-order chi connectivity index (χ0) is 17.1. The number of amides is 1. The van der Waals surface area contributed by atoms with Crippen molar-refractivity contribution in [2.75, 3.05) is 6.54 Å². The van der Waals surface area contributed by atoms with E-state index in [0.29, 0.717) is 6.07 Å². The van der Waals surface area contributed by atoms with Crippen LogP contribution in [0.15, 0.2) is 23.1 Å². The van der Waals surface area contributed by atoms with Crippen LogP contribution in [0.1, 0.15) is 26.3 Å². The molecule has 1 aromatic rings. The van der Waals surface area contributed by atoms with Crippen LogP contribution in [-0.2, 0) is 17.5 Å². The van der Waals surface area contributed by atoms with Gasteiger partial charge in [0.05, 0.1) is 6.10 Å². The molecular formula is C14H19F3N2O3. The van der Waals surface area contributed by atoms with E-state index >= 15 is 0 Å². The Morgan fingerprint density at radius 2 is 1.95 bits per heavy atom. The van der Waals surface area contributed by atoms with Crippen molar-refractivity contribution in [2.45, 2.75) is 45.6 Å². The van der Waals surface area contributed by atoms with Crippen LogP contribution in [0.4, 0.5) is 13.2 Å². The number of aliphatic hydroxyl groups excluding tert-OH is 1. The van der Waals surface area contributed by atoms with Crippen LogP contribution >= 0.6 is 0 Å². The smallest absolute Gasteiger partial charge is 0.392 e. The Bertz CT molecular complexity index is 579. The molecule has 22 heavy (non-hydrogen) atoms. The Morgan fingerprint density at radius 1 is 1.36 bits per heavy atom. The van der Waals surface area contributed by atoms with Crippen molar-refractivity contribution in [3.63, 3.8) is 0 Å². The van der Waals surface area contributed by atoms with Crippen LogP contribution in [0.5, 0.6) is 0 Å². The lowest BCUT2D eigenvalue weighted by Gasteiger charge is -2.28. The van der Waals surface area contributed by atoms with Crippen molar-refractivity contribution < 1.29 is 23.1 Å². The van der Waals surface area contributed by atoms with Gasteiger partial charge in [0, 0.05) is 18.8 Å². The van der Waals surface area contributed by atoms with Crippen molar-refractivity contribution in [1.82, 2.24) is 9.47 Å². The molecule has 0 fully saturated rings. The molecule has 8 heteroatoms. The molecule has 0 radical (unpaired) electrons. The maximum atomic E-state index is 12.7. The monoisotopic (exact) mass is 320 g/mol. The minimum atomic E-state index is -4.76. The van der Waals surface area contributed by atoms with E-state index in [1.54, 1.807) is 13.8 Å². The molecule has 0 aliphatic carbocycles. The molecule has 5 nitrogen and oxygen atoms in total. The fourth-order valence-corrected chi connectivity index (χ4v) is 2.00. The van der Waals surface area contributed by atoms with E-state index in [-0.39, 0.29) is 12.6 Å². The van der Waals surface area contributed by atoms with Crippen LogP contribution in [0.2, 0.25) is 0 Å². The van der Waals surface area contributed by atoms with E-state index in [1.807, 2.05) is 0 Å². The molecule has 0 aliphatic heterocycles. The number of hydrogen-bond donors (Lipinski definition) is 1. The highest BCUT2D eigenvalue weighted by atomic mass is 19.4. The number of hydrogen-bond acceptors (Lipinski definition) is 3. The number of nitrogens with zero attached hydrogens (tertiary/aromatic N) is 2. The number of aliphatic hydroxyl groups is 1. The van der Waals surface area contributed by atoms with Gasteiger partial charge < -0.3 is 14.6 Å². The van der Waals surface area contributed by atoms with Crippen LogP contribution < -0.4 is 5.56 Å². The minimum Gasteiger partial charge on any atom is -0.392 e. The quantitative estimate of drug-likeness (QED) is 0.894. The summed E-state index contributed by atoms with van der Waals surface area (Å²) in [5.74, 6) is -0.530. The lowest BCUT2D eigenvalue weighted by molar-refractivity contribution is -0.140. The fourth-order valence-electron chi connectivity index (χ4n) is 2.00. The normalized spacial score (nSPS) is 13.3. The third-order valence-corrected chi connectivity index (χ3v) is 3.04. The summed E-state index contributed by atoms with van der Waals surface area (Å²) in [4.78, 5) is 25.3. The van der Waals surface area contributed by atoms with E-state index in [4.69, 9.17) is 0 Å². The first-order valence-corrected chi connectivity index (χ1v) is 6.78. The van der Waals surface area contributed by atoms with Crippen LogP contribution in [0, 0.1) is 0 Å². The van der Waals surface area contributed by atoms with Crippen molar-refractivity contribution in [3.8, 4) is 0 Å². The summed E-state index contributed by atoms with van der Waals surface area (Å²) < 4.78 is 38.8. The maximum Gasteiger partial charge on any atom is 0.421 e. The van der Waals surface area contributed by atoms with E-state index in [1.165, 1.54) is 11.8 Å². The van der Waals surface area contributed by atoms with Gasteiger partial charge in [-0.15, -0.1) is 0 Å². The summed E-state index contributed by atoms with van der Waals surface area (Å²) in [5.41, 5.74) is -2.57. The second-order valence-electron chi connectivity index (χ2n) is 5.34. The van der Waals surface area contributed by atoms with Gasteiger partial charge in [-0.2, -0.15) is 13.2 Å². The molecule has 124 valence electrons. The van der Waals surface area contributed by atoms with Gasteiger partial charge in [-0.1, -0.05) is 0 Å². The number of halogens is 3. The van der Waals surface area contributed by atoms with E-state index in [0.717, 1.165) is 16.8 Å². The molecule has 1 heterocycles. The molecule has 0 aliphatic rings. The van der Waals surface area contributed by atoms with Crippen molar-refractivity contribution in [3.05, 3.63) is 34.2 Å². The van der Waals surface area contributed by atoms with Gasteiger partial charge in [0.2, 0.25) is 5.91 Å². The Balaban J connectivity index is 3.04. The average Bonchev–Trinajstić information content (AvgIpc) is 2.36. The molecule has 1 amide bonds. The lowest BCUT2D eigenvalue weighted by Crippen LogP contribution is -2.44.